The lowest BCUT2D eigenvalue weighted by molar-refractivity contribution is -0.255. The van der Waals surface area contributed by atoms with Crippen molar-refractivity contribution in [1.29, 1.82) is 0 Å². The number of hydrazone groups is 1. The second-order valence-electron chi connectivity index (χ2n) is 6.61. The number of hydrogen-bond acceptors (Lipinski definition) is 9. The van der Waals surface area contributed by atoms with Crippen LogP contribution in [0, 0.1) is 0 Å². The Hall–Kier alpha value is -3.86. The van der Waals surface area contributed by atoms with Crippen LogP contribution in [0.3, 0.4) is 0 Å². The van der Waals surface area contributed by atoms with Crippen LogP contribution in [0.2, 0.25) is 0 Å². The number of methoxy groups -OCH3 is 2. The van der Waals surface area contributed by atoms with E-state index >= 15 is 0 Å². The first-order chi connectivity index (χ1) is 16.0. The van der Waals surface area contributed by atoms with Gasteiger partial charge in [-0.3, -0.25) is 4.79 Å². The highest BCUT2D eigenvalue weighted by molar-refractivity contribution is 7.99. The zero-order valence-corrected chi connectivity index (χ0v) is 19.1. The summed E-state index contributed by atoms with van der Waals surface area (Å²) in [5.41, 5.74) is 3.95. The summed E-state index contributed by atoms with van der Waals surface area (Å²) < 4.78 is 12.5. The third-order valence-electron chi connectivity index (χ3n) is 4.56. The van der Waals surface area contributed by atoms with Gasteiger partial charge < -0.3 is 23.9 Å². The number of carboxylic acids is 1. The average molecular weight is 469 g/mol. The lowest BCUT2D eigenvalue weighted by atomic mass is 10.1. The van der Waals surface area contributed by atoms with E-state index in [1.165, 1.54) is 30.1 Å². The highest BCUT2D eigenvalue weighted by Crippen LogP contribution is 2.32. The maximum absolute atomic E-state index is 12.2. The van der Waals surface area contributed by atoms with Crippen molar-refractivity contribution in [2.24, 2.45) is 5.10 Å². The number of ether oxygens (including phenoxy) is 2. The minimum absolute atomic E-state index is 0.0695. The maximum atomic E-state index is 12.2. The summed E-state index contributed by atoms with van der Waals surface area (Å²) in [5, 5.41) is 23.7. The molecule has 2 aromatic carbocycles. The molecule has 172 valence electrons. The molecule has 0 spiro atoms. The Morgan fingerprint density at radius 3 is 2.48 bits per heavy atom. The van der Waals surface area contributed by atoms with E-state index in [-0.39, 0.29) is 17.2 Å². The molecule has 0 aliphatic heterocycles. The van der Waals surface area contributed by atoms with Gasteiger partial charge in [-0.25, -0.2) is 5.43 Å². The Labute approximate surface area is 194 Å². The molecule has 0 aliphatic carbocycles. The lowest BCUT2D eigenvalue weighted by Crippen LogP contribution is -2.22. The Balaban J connectivity index is 1.62. The molecular formula is C22H22N5O5S-. The molecule has 3 rings (SSSR count). The van der Waals surface area contributed by atoms with E-state index in [0.29, 0.717) is 34.6 Å². The average Bonchev–Trinajstić information content (AvgIpc) is 3.25. The number of hydrogen-bond donors (Lipinski definition) is 1. The predicted octanol–water partition coefficient (Wildman–Crippen LogP) is 1.59. The van der Waals surface area contributed by atoms with Crippen LogP contribution in [-0.4, -0.2) is 52.8 Å². The largest absolute Gasteiger partial charge is 0.545 e. The van der Waals surface area contributed by atoms with Crippen LogP contribution in [0.5, 0.6) is 11.5 Å². The maximum Gasteiger partial charge on any atom is 0.250 e. The zero-order chi connectivity index (χ0) is 23.8. The molecule has 0 fully saturated rings. The van der Waals surface area contributed by atoms with E-state index in [9.17, 15) is 14.7 Å². The molecule has 11 heteroatoms. The molecule has 0 saturated heterocycles. The van der Waals surface area contributed by atoms with Gasteiger partial charge in [-0.05, 0) is 36.2 Å². The third kappa shape index (κ3) is 5.89. The van der Waals surface area contributed by atoms with Crippen LogP contribution in [0.25, 0.3) is 11.4 Å². The monoisotopic (exact) mass is 468 g/mol. The van der Waals surface area contributed by atoms with Gasteiger partial charge >= 0.3 is 0 Å². The fraction of sp³-hybridized carbons (Fsp3) is 0.227. The van der Waals surface area contributed by atoms with Crippen molar-refractivity contribution in [1.82, 2.24) is 20.2 Å². The summed E-state index contributed by atoms with van der Waals surface area (Å²) in [6.45, 7) is 2.58. The number of thioether (sulfide) groups is 1. The number of nitrogens with zero attached hydrogens (tertiary/aromatic N) is 4. The van der Waals surface area contributed by atoms with Crippen molar-refractivity contribution < 1.29 is 24.2 Å². The topological polar surface area (TPSA) is 131 Å². The number of benzene rings is 2. The molecule has 0 bridgehead atoms. The number of rotatable bonds is 10. The molecule has 1 amide bonds. The van der Waals surface area contributed by atoms with Crippen LogP contribution >= 0.6 is 11.8 Å². The predicted molar refractivity (Wildman–Crippen MR) is 121 cm³/mol. The van der Waals surface area contributed by atoms with Crippen molar-refractivity contribution in [3.05, 3.63) is 53.6 Å². The molecular weight excluding hydrogens is 446 g/mol. The SMILES string of the molecule is CCn1c(SCC(=O)N/N=C\c2ccc(C(=O)[O-])cc2)nnc1-c1ccc(OC)c(OC)c1. The molecule has 0 radical (unpaired) electrons. The summed E-state index contributed by atoms with van der Waals surface area (Å²) in [4.78, 5) is 22.9. The van der Waals surface area contributed by atoms with Gasteiger partial charge in [0.2, 0.25) is 0 Å². The van der Waals surface area contributed by atoms with Gasteiger partial charge in [0.15, 0.2) is 22.5 Å². The molecule has 1 aromatic heterocycles. The standard InChI is InChI=1S/C22H23N5O5S/c1-4-27-20(16-9-10-17(31-2)18(11-16)32-3)25-26-22(27)33-13-19(28)24-23-12-14-5-7-15(8-6-14)21(29)30/h5-12H,4,13H2,1-3H3,(H,24,28)(H,29,30)/p-1/b23-12-. The molecule has 1 N–H and O–H groups in total. The van der Waals surface area contributed by atoms with E-state index in [0.717, 1.165) is 5.56 Å². The van der Waals surface area contributed by atoms with Crippen molar-refractivity contribution in [2.75, 3.05) is 20.0 Å². The Kier molecular flexibility index (Phi) is 8.03. The van der Waals surface area contributed by atoms with Crippen LogP contribution < -0.4 is 20.0 Å². The highest BCUT2D eigenvalue weighted by atomic mass is 32.2. The number of aromatic carboxylic acids is 1. The number of aromatic nitrogens is 3. The van der Waals surface area contributed by atoms with Crippen molar-refractivity contribution in [2.45, 2.75) is 18.6 Å². The van der Waals surface area contributed by atoms with Gasteiger partial charge in [-0.15, -0.1) is 10.2 Å². The molecule has 0 unspecified atom stereocenters. The van der Waals surface area contributed by atoms with Gasteiger partial charge in [0.25, 0.3) is 5.91 Å². The zero-order valence-electron chi connectivity index (χ0n) is 18.3. The summed E-state index contributed by atoms with van der Waals surface area (Å²) >= 11 is 1.24. The molecule has 1 heterocycles. The van der Waals surface area contributed by atoms with Gasteiger partial charge in [0, 0.05) is 12.1 Å². The number of carbonyl (C=O) groups excluding carboxylic acids is 2. The van der Waals surface area contributed by atoms with E-state index in [4.69, 9.17) is 9.47 Å². The van der Waals surface area contributed by atoms with E-state index in [1.807, 2.05) is 23.6 Å². The fourth-order valence-corrected chi connectivity index (χ4v) is 3.71. The first-order valence-electron chi connectivity index (χ1n) is 9.88. The van der Waals surface area contributed by atoms with Gasteiger partial charge in [0.05, 0.1) is 32.2 Å². The van der Waals surface area contributed by atoms with Crippen LogP contribution in [0.15, 0.2) is 52.7 Å². The van der Waals surface area contributed by atoms with E-state index in [2.05, 4.69) is 20.7 Å². The first-order valence-corrected chi connectivity index (χ1v) is 10.9. The minimum atomic E-state index is -1.25. The van der Waals surface area contributed by atoms with E-state index < -0.39 is 5.97 Å². The minimum Gasteiger partial charge on any atom is -0.545 e. The smallest absolute Gasteiger partial charge is 0.250 e. The lowest BCUT2D eigenvalue weighted by Gasteiger charge is -2.10. The third-order valence-corrected chi connectivity index (χ3v) is 5.52. The Bertz CT molecular complexity index is 1160. The van der Waals surface area contributed by atoms with Crippen LogP contribution in [0.1, 0.15) is 22.8 Å². The molecule has 0 aliphatic rings. The molecule has 0 saturated carbocycles. The van der Waals surface area contributed by atoms with Gasteiger partial charge in [-0.2, -0.15) is 5.10 Å². The van der Waals surface area contributed by atoms with E-state index in [1.54, 1.807) is 32.4 Å². The van der Waals surface area contributed by atoms with Gasteiger partial charge in [0.1, 0.15) is 0 Å². The quantitative estimate of drug-likeness (QED) is 0.270. The highest BCUT2D eigenvalue weighted by Gasteiger charge is 2.16. The molecule has 0 atom stereocenters. The van der Waals surface area contributed by atoms with Crippen molar-refractivity contribution >= 4 is 29.9 Å². The normalized spacial score (nSPS) is 10.9. The first kappa shape index (κ1) is 23.8. The second-order valence-corrected chi connectivity index (χ2v) is 7.55. The van der Waals surface area contributed by atoms with Crippen molar-refractivity contribution in [3.8, 4) is 22.9 Å². The summed E-state index contributed by atoms with van der Waals surface area (Å²) in [6.07, 6.45) is 1.42. The van der Waals surface area contributed by atoms with Crippen LogP contribution in [-0.2, 0) is 11.3 Å². The second kappa shape index (κ2) is 11.1. The fourth-order valence-electron chi connectivity index (χ4n) is 2.92. The Morgan fingerprint density at radius 1 is 1.12 bits per heavy atom. The number of carbonyl (C=O) groups is 2. The molecule has 10 nitrogen and oxygen atoms in total. The van der Waals surface area contributed by atoms with Crippen LogP contribution in [0.4, 0.5) is 0 Å². The number of nitrogens with one attached hydrogen (secondary N) is 1. The molecule has 3 aromatic rings. The summed E-state index contributed by atoms with van der Waals surface area (Å²) in [5.74, 6) is 0.371. The molecule has 33 heavy (non-hydrogen) atoms. The number of amides is 1. The summed E-state index contributed by atoms with van der Waals surface area (Å²) in [6, 6.07) is 11.4. The van der Waals surface area contributed by atoms with Gasteiger partial charge in [-0.1, -0.05) is 36.0 Å². The number of carboxylic acid groups (broad SMARTS) is 1. The Morgan fingerprint density at radius 2 is 1.85 bits per heavy atom. The van der Waals surface area contributed by atoms with Crippen molar-refractivity contribution in [3.63, 3.8) is 0 Å². The summed E-state index contributed by atoms with van der Waals surface area (Å²) in [7, 11) is 3.14.